The van der Waals surface area contributed by atoms with Gasteiger partial charge in [0.25, 0.3) is 0 Å². The van der Waals surface area contributed by atoms with Gasteiger partial charge >= 0.3 is 6.18 Å². The fourth-order valence-electron chi connectivity index (χ4n) is 1.77. The molecule has 1 aromatic carbocycles. The van der Waals surface area contributed by atoms with Crippen LogP contribution in [0.15, 0.2) is 30.3 Å². The second-order valence-corrected chi connectivity index (χ2v) is 4.75. The van der Waals surface area contributed by atoms with Crippen LogP contribution in [-0.2, 0) is 6.18 Å². The molecule has 0 bridgehead atoms. The number of benzene rings is 1. The van der Waals surface area contributed by atoms with E-state index in [1.165, 1.54) is 7.11 Å². The van der Waals surface area contributed by atoms with Crippen LogP contribution in [0.5, 0.6) is 5.75 Å². The second kappa shape index (κ2) is 5.81. The topological polar surface area (TPSA) is 34.1 Å². The van der Waals surface area contributed by atoms with Crippen molar-refractivity contribution in [3.8, 4) is 5.75 Å². The Morgan fingerprint density at radius 3 is 2.48 bits per heavy atom. The van der Waals surface area contributed by atoms with Crippen molar-refractivity contribution in [1.29, 1.82) is 0 Å². The lowest BCUT2D eigenvalue weighted by molar-refractivity contribution is -0.137. The molecule has 7 heteroatoms. The van der Waals surface area contributed by atoms with Gasteiger partial charge in [-0.05, 0) is 42.8 Å². The number of hydrogen-bond acceptors (Lipinski definition) is 3. The fourth-order valence-corrected chi connectivity index (χ4v) is 1.97. The summed E-state index contributed by atoms with van der Waals surface area (Å²) in [6.45, 7) is 1.81. The molecule has 0 aliphatic rings. The van der Waals surface area contributed by atoms with E-state index in [9.17, 15) is 13.2 Å². The Balaban J connectivity index is 2.33. The fraction of sp³-hybridized carbons (Fsp3) is 0.214. The van der Waals surface area contributed by atoms with Crippen molar-refractivity contribution in [3.63, 3.8) is 0 Å². The Morgan fingerprint density at radius 2 is 1.90 bits per heavy atom. The second-order valence-electron chi connectivity index (χ2n) is 4.37. The number of alkyl halides is 3. The molecule has 2 aromatic rings. The minimum absolute atomic E-state index is 0.0306. The number of methoxy groups -OCH3 is 1. The maximum Gasteiger partial charge on any atom is 0.416 e. The third-order valence-corrected chi connectivity index (χ3v) is 3.01. The van der Waals surface area contributed by atoms with E-state index in [0.717, 1.165) is 17.7 Å². The SMILES string of the molecule is COc1ccc(Nc2cc(C(F)(F)F)cc(Cl)n2)c(C)c1. The van der Waals surface area contributed by atoms with Crippen LogP contribution in [0.4, 0.5) is 24.7 Å². The van der Waals surface area contributed by atoms with Gasteiger partial charge in [-0.3, -0.25) is 0 Å². The molecule has 0 fully saturated rings. The number of aromatic nitrogens is 1. The largest absolute Gasteiger partial charge is 0.497 e. The highest BCUT2D eigenvalue weighted by Gasteiger charge is 2.31. The molecule has 1 aromatic heterocycles. The monoisotopic (exact) mass is 316 g/mol. The Kier molecular flexibility index (Phi) is 4.27. The summed E-state index contributed by atoms with van der Waals surface area (Å²) in [5, 5.41) is 2.60. The normalized spacial score (nSPS) is 11.3. The molecule has 21 heavy (non-hydrogen) atoms. The molecular weight excluding hydrogens is 305 g/mol. The number of pyridine rings is 1. The van der Waals surface area contributed by atoms with Crippen LogP contribution in [0.3, 0.4) is 0 Å². The first-order chi connectivity index (χ1) is 9.79. The lowest BCUT2D eigenvalue weighted by Crippen LogP contribution is -2.07. The maximum absolute atomic E-state index is 12.7. The van der Waals surface area contributed by atoms with E-state index in [4.69, 9.17) is 16.3 Å². The molecule has 2 rings (SSSR count). The molecule has 0 aliphatic heterocycles. The zero-order valence-corrected chi connectivity index (χ0v) is 12.0. The summed E-state index contributed by atoms with van der Waals surface area (Å²) in [6, 6.07) is 6.86. The molecule has 0 saturated heterocycles. The molecule has 0 aliphatic carbocycles. The first-order valence-corrected chi connectivity index (χ1v) is 6.34. The van der Waals surface area contributed by atoms with Crippen molar-refractivity contribution in [2.45, 2.75) is 13.1 Å². The maximum atomic E-state index is 12.7. The summed E-state index contributed by atoms with van der Waals surface area (Å²) in [5.74, 6) is 0.691. The van der Waals surface area contributed by atoms with Crippen molar-refractivity contribution in [3.05, 3.63) is 46.6 Å². The number of halogens is 4. The Morgan fingerprint density at radius 1 is 1.19 bits per heavy atom. The van der Waals surface area contributed by atoms with E-state index in [1.807, 2.05) is 0 Å². The van der Waals surface area contributed by atoms with E-state index in [0.29, 0.717) is 11.4 Å². The molecule has 1 heterocycles. The number of rotatable bonds is 3. The van der Waals surface area contributed by atoms with Gasteiger partial charge in [0.2, 0.25) is 0 Å². The lowest BCUT2D eigenvalue weighted by Gasteiger charge is -2.13. The van der Waals surface area contributed by atoms with Gasteiger partial charge in [-0.2, -0.15) is 13.2 Å². The first kappa shape index (κ1) is 15.4. The molecule has 3 nitrogen and oxygen atoms in total. The summed E-state index contributed by atoms with van der Waals surface area (Å²) >= 11 is 5.64. The van der Waals surface area contributed by atoms with Crippen LogP contribution in [0.25, 0.3) is 0 Å². The Bertz CT molecular complexity index is 659. The lowest BCUT2D eigenvalue weighted by atomic mass is 10.2. The van der Waals surface area contributed by atoms with Crippen LogP contribution in [0.2, 0.25) is 5.15 Å². The number of aryl methyl sites for hydroxylation is 1. The van der Waals surface area contributed by atoms with Gasteiger partial charge in [-0.25, -0.2) is 4.98 Å². The molecule has 112 valence electrons. The number of hydrogen-bond donors (Lipinski definition) is 1. The van der Waals surface area contributed by atoms with Crippen molar-refractivity contribution < 1.29 is 17.9 Å². The first-order valence-electron chi connectivity index (χ1n) is 5.96. The summed E-state index contributed by atoms with van der Waals surface area (Å²) in [4.78, 5) is 3.85. The standard InChI is InChI=1S/C14H12ClF3N2O/c1-8-5-10(21-2)3-4-11(8)19-13-7-9(14(16,17)18)6-12(15)20-13/h3-7H,1-2H3,(H,19,20). The Labute approximate surface area is 124 Å². The van der Waals surface area contributed by atoms with E-state index in [1.54, 1.807) is 25.1 Å². The molecule has 0 saturated carbocycles. The number of ether oxygens (including phenoxy) is 1. The van der Waals surface area contributed by atoms with Crippen molar-refractivity contribution >= 4 is 23.1 Å². The molecule has 1 N–H and O–H groups in total. The van der Waals surface area contributed by atoms with Crippen LogP contribution < -0.4 is 10.1 Å². The number of nitrogens with zero attached hydrogens (tertiary/aromatic N) is 1. The highest BCUT2D eigenvalue weighted by Crippen LogP contribution is 2.33. The third kappa shape index (κ3) is 3.78. The molecule has 0 spiro atoms. The molecule has 0 radical (unpaired) electrons. The predicted molar refractivity (Wildman–Crippen MR) is 75.3 cm³/mol. The summed E-state index contributed by atoms with van der Waals surface area (Å²) < 4.78 is 43.3. The summed E-state index contributed by atoms with van der Waals surface area (Å²) in [7, 11) is 1.54. The molecule has 0 amide bonds. The smallest absolute Gasteiger partial charge is 0.416 e. The molecule has 0 unspecified atom stereocenters. The highest BCUT2D eigenvalue weighted by atomic mass is 35.5. The molecule has 0 atom stereocenters. The van der Waals surface area contributed by atoms with Gasteiger partial charge in [-0.1, -0.05) is 11.6 Å². The average molecular weight is 317 g/mol. The van der Waals surface area contributed by atoms with Crippen LogP contribution in [-0.4, -0.2) is 12.1 Å². The molecular formula is C14H12ClF3N2O. The van der Waals surface area contributed by atoms with E-state index in [2.05, 4.69) is 10.3 Å². The van der Waals surface area contributed by atoms with Gasteiger partial charge in [0.1, 0.15) is 16.7 Å². The van der Waals surface area contributed by atoms with Gasteiger partial charge in [0.05, 0.1) is 12.7 Å². The summed E-state index contributed by atoms with van der Waals surface area (Å²) in [6.07, 6.45) is -4.47. The summed E-state index contributed by atoms with van der Waals surface area (Å²) in [5.41, 5.74) is 0.583. The predicted octanol–water partition coefficient (Wildman–Crippen LogP) is 4.81. The van der Waals surface area contributed by atoms with Crippen LogP contribution in [0, 0.1) is 6.92 Å². The van der Waals surface area contributed by atoms with E-state index in [-0.39, 0.29) is 11.0 Å². The van der Waals surface area contributed by atoms with Crippen molar-refractivity contribution in [2.24, 2.45) is 0 Å². The average Bonchev–Trinajstić information content (AvgIpc) is 2.39. The zero-order chi connectivity index (χ0) is 15.6. The van der Waals surface area contributed by atoms with Gasteiger partial charge in [0, 0.05) is 5.69 Å². The van der Waals surface area contributed by atoms with E-state index >= 15 is 0 Å². The minimum atomic E-state index is -4.47. The minimum Gasteiger partial charge on any atom is -0.497 e. The van der Waals surface area contributed by atoms with Crippen LogP contribution in [0.1, 0.15) is 11.1 Å². The zero-order valence-electron chi connectivity index (χ0n) is 11.3. The quantitative estimate of drug-likeness (QED) is 0.825. The number of anilines is 2. The van der Waals surface area contributed by atoms with Crippen molar-refractivity contribution in [1.82, 2.24) is 4.98 Å². The van der Waals surface area contributed by atoms with Gasteiger partial charge in [0.15, 0.2) is 0 Å². The van der Waals surface area contributed by atoms with Crippen molar-refractivity contribution in [2.75, 3.05) is 12.4 Å². The highest BCUT2D eigenvalue weighted by molar-refractivity contribution is 6.29. The Hall–Kier alpha value is -1.95. The van der Waals surface area contributed by atoms with E-state index < -0.39 is 11.7 Å². The van der Waals surface area contributed by atoms with Crippen LogP contribution >= 0.6 is 11.6 Å². The number of nitrogens with one attached hydrogen (secondary N) is 1. The van der Waals surface area contributed by atoms with Gasteiger partial charge < -0.3 is 10.1 Å². The van der Waals surface area contributed by atoms with Gasteiger partial charge in [-0.15, -0.1) is 0 Å². The third-order valence-electron chi connectivity index (χ3n) is 2.82.